The second-order valence-electron chi connectivity index (χ2n) is 3.61. The Morgan fingerprint density at radius 2 is 2.00 bits per heavy atom. The van der Waals surface area contributed by atoms with Crippen LogP contribution in [0.15, 0.2) is 24.3 Å². The lowest BCUT2D eigenvalue weighted by Crippen LogP contribution is -2.31. The van der Waals surface area contributed by atoms with E-state index in [1.54, 1.807) is 0 Å². The Labute approximate surface area is 101 Å². The molecular formula is C11H15ClN2S. The summed E-state index contributed by atoms with van der Waals surface area (Å²) in [6.07, 6.45) is 0. The van der Waals surface area contributed by atoms with Crippen molar-refractivity contribution in [1.29, 1.82) is 0 Å². The maximum atomic E-state index is 5.83. The molecule has 1 rings (SSSR count). The van der Waals surface area contributed by atoms with E-state index in [4.69, 9.17) is 29.6 Å². The van der Waals surface area contributed by atoms with Crippen LogP contribution >= 0.6 is 23.8 Å². The molecule has 0 saturated heterocycles. The van der Waals surface area contributed by atoms with E-state index >= 15 is 0 Å². The minimum atomic E-state index is 0.281. The molecule has 4 heteroatoms. The zero-order valence-electron chi connectivity index (χ0n) is 8.90. The number of nitrogens with zero attached hydrogens (tertiary/aromatic N) is 1. The summed E-state index contributed by atoms with van der Waals surface area (Å²) >= 11 is 10.7. The van der Waals surface area contributed by atoms with Crippen molar-refractivity contribution in [2.75, 3.05) is 13.6 Å². The fourth-order valence-corrected chi connectivity index (χ4v) is 1.71. The first-order valence-corrected chi connectivity index (χ1v) is 5.53. The van der Waals surface area contributed by atoms with Crippen LogP contribution in [0, 0.1) is 0 Å². The van der Waals surface area contributed by atoms with Gasteiger partial charge < -0.3 is 5.73 Å². The average molecular weight is 243 g/mol. The Morgan fingerprint density at radius 3 is 2.47 bits per heavy atom. The van der Waals surface area contributed by atoms with Crippen molar-refractivity contribution >= 4 is 28.8 Å². The van der Waals surface area contributed by atoms with E-state index in [1.165, 1.54) is 5.56 Å². The number of halogens is 1. The number of rotatable bonds is 4. The molecule has 2 N–H and O–H groups in total. The van der Waals surface area contributed by atoms with Crippen LogP contribution in [-0.4, -0.2) is 23.5 Å². The lowest BCUT2D eigenvalue weighted by molar-refractivity contribution is 0.299. The first-order chi connectivity index (χ1) is 7.00. The molecule has 82 valence electrons. The molecule has 0 amide bonds. The molecule has 0 fully saturated rings. The lowest BCUT2D eigenvalue weighted by atomic mass is 10.1. The standard InChI is InChI=1S/C11H15ClN2S/c1-8(14(2)7-11(13)15)9-3-5-10(12)6-4-9/h3-6,8H,7H2,1-2H3,(H2,13,15). The molecule has 0 radical (unpaired) electrons. The zero-order valence-corrected chi connectivity index (χ0v) is 10.5. The third-order valence-corrected chi connectivity index (χ3v) is 2.80. The molecule has 0 aliphatic carbocycles. The van der Waals surface area contributed by atoms with Gasteiger partial charge in [0.15, 0.2) is 0 Å². The monoisotopic (exact) mass is 242 g/mol. The number of hydrogen-bond acceptors (Lipinski definition) is 2. The van der Waals surface area contributed by atoms with Crippen LogP contribution in [0.5, 0.6) is 0 Å². The SMILES string of the molecule is CC(c1ccc(Cl)cc1)N(C)CC(N)=S. The molecule has 0 bridgehead atoms. The third-order valence-electron chi connectivity index (χ3n) is 2.42. The van der Waals surface area contributed by atoms with Crippen molar-refractivity contribution in [3.63, 3.8) is 0 Å². The molecule has 1 unspecified atom stereocenters. The molecule has 0 aliphatic rings. The van der Waals surface area contributed by atoms with Crippen LogP contribution in [0.1, 0.15) is 18.5 Å². The summed E-state index contributed by atoms with van der Waals surface area (Å²) < 4.78 is 0. The molecule has 1 atom stereocenters. The van der Waals surface area contributed by atoms with Gasteiger partial charge in [-0.1, -0.05) is 36.0 Å². The number of benzene rings is 1. The molecular weight excluding hydrogens is 228 g/mol. The van der Waals surface area contributed by atoms with E-state index in [9.17, 15) is 0 Å². The molecule has 1 aromatic rings. The normalized spacial score (nSPS) is 12.8. The Morgan fingerprint density at radius 1 is 1.47 bits per heavy atom. The van der Waals surface area contributed by atoms with Gasteiger partial charge in [0.05, 0.1) is 4.99 Å². The molecule has 0 heterocycles. The summed E-state index contributed by atoms with van der Waals surface area (Å²) in [4.78, 5) is 2.62. The number of thiocarbonyl (C=S) groups is 1. The summed E-state index contributed by atoms with van der Waals surface area (Å²) in [5, 5.41) is 0.753. The zero-order chi connectivity index (χ0) is 11.4. The molecule has 2 nitrogen and oxygen atoms in total. The van der Waals surface area contributed by atoms with Gasteiger partial charge in [-0.05, 0) is 31.7 Å². The molecule has 1 aromatic carbocycles. The average Bonchev–Trinajstić information content (AvgIpc) is 2.17. The highest BCUT2D eigenvalue weighted by atomic mass is 35.5. The Hall–Kier alpha value is -0.640. The van der Waals surface area contributed by atoms with Gasteiger partial charge in [-0.3, -0.25) is 4.90 Å². The molecule has 0 aliphatic heterocycles. The largest absolute Gasteiger partial charge is 0.392 e. The number of likely N-dealkylation sites (N-methyl/N-ethyl adjacent to an activating group) is 1. The van der Waals surface area contributed by atoms with E-state index in [0.717, 1.165) is 5.02 Å². The van der Waals surface area contributed by atoms with Crippen LogP contribution in [0.3, 0.4) is 0 Å². The number of nitrogens with two attached hydrogens (primary N) is 1. The molecule has 0 aromatic heterocycles. The van der Waals surface area contributed by atoms with Gasteiger partial charge in [0, 0.05) is 17.6 Å². The van der Waals surface area contributed by atoms with E-state index in [1.807, 2.05) is 31.3 Å². The molecule has 15 heavy (non-hydrogen) atoms. The van der Waals surface area contributed by atoms with Gasteiger partial charge in [-0.15, -0.1) is 0 Å². The van der Waals surface area contributed by atoms with Gasteiger partial charge >= 0.3 is 0 Å². The quantitative estimate of drug-likeness (QED) is 0.824. The smallest absolute Gasteiger partial charge is 0.0870 e. The maximum Gasteiger partial charge on any atom is 0.0870 e. The second-order valence-corrected chi connectivity index (χ2v) is 4.57. The van der Waals surface area contributed by atoms with Crippen molar-refractivity contribution in [2.45, 2.75) is 13.0 Å². The van der Waals surface area contributed by atoms with E-state index in [2.05, 4.69) is 11.8 Å². The van der Waals surface area contributed by atoms with E-state index < -0.39 is 0 Å². The summed E-state index contributed by atoms with van der Waals surface area (Å²) in [5.41, 5.74) is 6.71. The van der Waals surface area contributed by atoms with Crippen LogP contribution in [-0.2, 0) is 0 Å². The van der Waals surface area contributed by atoms with Crippen molar-refractivity contribution in [3.05, 3.63) is 34.9 Å². The topological polar surface area (TPSA) is 29.3 Å². The van der Waals surface area contributed by atoms with Gasteiger partial charge in [-0.2, -0.15) is 0 Å². The first kappa shape index (κ1) is 12.4. The molecule has 0 spiro atoms. The Balaban J connectivity index is 2.71. The van der Waals surface area contributed by atoms with Gasteiger partial charge in [0.1, 0.15) is 0 Å². The van der Waals surface area contributed by atoms with Crippen molar-refractivity contribution in [3.8, 4) is 0 Å². The summed E-state index contributed by atoms with van der Waals surface area (Å²) in [7, 11) is 2.00. The predicted molar refractivity (Wildman–Crippen MR) is 69.3 cm³/mol. The van der Waals surface area contributed by atoms with Crippen LogP contribution in [0.4, 0.5) is 0 Å². The molecule has 0 saturated carbocycles. The predicted octanol–water partition coefficient (Wildman–Crippen LogP) is 2.62. The minimum Gasteiger partial charge on any atom is -0.392 e. The van der Waals surface area contributed by atoms with E-state index in [-0.39, 0.29) is 6.04 Å². The van der Waals surface area contributed by atoms with Crippen molar-refractivity contribution in [2.24, 2.45) is 5.73 Å². The lowest BCUT2D eigenvalue weighted by Gasteiger charge is -2.24. The highest BCUT2D eigenvalue weighted by molar-refractivity contribution is 7.80. The second kappa shape index (κ2) is 5.45. The van der Waals surface area contributed by atoms with Gasteiger partial charge in [0.25, 0.3) is 0 Å². The van der Waals surface area contributed by atoms with Crippen LogP contribution in [0.2, 0.25) is 5.02 Å². The van der Waals surface area contributed by atoms with Crippen molar-refractivity contribution in [1.82, 2.24) is 4.90 Å². The van der Waals surface area contributed by atoms with Gasteiger partial charge in [-0.25, -0.2) is 0 Å². The van der Waals surface area contributed by atoms with E-state index in [0.29, 0.717) is 11.5 Å². The fourth-order valence-electron chi connectivity index (χ4n) is 1.38. The van der Waals surface area contributed by atoms with Gasteiger partial charge in [0.2, 0.25) is 0 Å². The third kappa shape index (κ3) is 3.78. The highest BCUT2D eigenvalue weighted by Crippen LogP contribution is 2.20. The van der Waals surface area contributed by atoms with Crippen LogP contribution < -0.4 is 5.73 Å². The fraction of sp³-hybridized carbons (Fsp3) is 0.364. The maximum absolute atomic E-state index is 5.83. The van der Waals surface area contributed by atoms with Crippen molar-refractivity contribution < 1.29 is 0 Å². The number of hydrogen-bond donors (Lipinski definition) is 1. The highest BCUT2D eigenvalue weighted by Gasteiger charge is 2.11. The first-order valence-electron chi connectivity index (χ1n) is 4.74. The Kier molecular flexibility index (Phi) is 4.51. The summed E-state index contributed by atoms with van der Waals surface area (Å²) in [5.74, 6) is 0. The summed E-state index contributed by atoms with van der Waals surface area (Å²) in [6, 6.07) is 8.10. The minimum absolute atomic E-state index is 0.281. The Bertz CT molecular complexity index is 337. The van der Waals surface area contributed by atoms with Crippen LogP contribution in [0.25, 0.3) is 0 Å². The summed E-state index contributed by atoms with van der Waals surface area (Å²) in [6.45, 7) is 2.74.